The average molecular weight is 272 g/mol. The fourth-order valence-electron chi connectivity index (χ4n) is 1.85. The first-order chi connectivity index (χ1) is 8.49. The second-order valence-electron chi connectivity index (χ2n) is 4.20. The van der Waals surface area contributed by atoms with Crippen LogP contribution in [0.25, 0.3) is 0 Å². The lowest BCUT2D eigenvalue weighted by Gasteiger charge is -2.15. The minimum Gasteiger partial charge on any atom is -0.384 e. The van der Waals surface area contributed by atoms with Gasteiger partial charge in [-0.2, -0.15) is 0 Å². The van der Waals surface area contributed by atoms with Gasteiger partial charge >= 0.3 is 0 Å². The number of amidine groups is 1. The molecule has 2 atom stereocenters. The second-order valence-corrected chi connectivity index (χ2v) is 5.45. The van der Waals surface area contributed by atoms with E-state index < -0.39 is 11.6 Å². The summed E-state index contributed by atoms with van der Waals surface area (Å²) in [6.45, 7) is 2.51. The number of hydrogen-bond acceptors (Lipinski definition) is 3. The number of nitrogens with two attached hydrogens (primary N) is 1. The molecular formula is C12H14F2N2OS. The van der Waals surface area contributed by atoms with Gasteiger partial charge in [-0.3, -0.25) is 5.41 Å². The van der Waals surface area contributed by atoms with Crippen molar-refractivity contribution in [3.8, 4) is 0 Å². The highest BCUT2D eigenvalue weighted by Gasteiger charge is 2.27. The van der Waals surface area contributed by atoms with E-state index in [0.29, 0.717) is 6.61 Å². The van der Waals surface area contributed by atoms with Gasteiger partial charge in [0, 0.05) is 17.4 Å². The van der Waals surface area contributed by atoms with Crippen molar-refractivity contribution < 1.29 is 13.5 Å². The zero-order valence-electron chi connectivity index (χ0n) is 9.87. The molecule has 3 N–H and O–H groups in total. The Balaban J connectivity index is 2.25. The van der Waals surface area contributed by atoms with Gasteiger partial charge < -0.3 is 10.5 Å². The summed E-state index contributed by atoms with van der Waals surface area (Å²) in [5.41, 5.74) is 5.27. The fourth-order valence-corrected chi connectivity index (χ4v) is 2.98. The minimum atomic E-state index is -0.677. The van der Waals surface area contributed by atoms with Crippen LogP contribution >= 0.6 is 11.8 Å². The Bertz CT molecular complexity index is 458. The molecule has 1 saturated heterocycles. The third kappa shape index (κ3) is 2.64. The normalized spacial score (nSPS) is 23.3. The SMILES string of the molecule is CC1OCCC1Sc1c(F)cc(C(=N)N)cc1F. The number of ether oxygens (including phenoxy) is 1. The Labute approximate surface area is 108 Å². The van der Waals surface area contributed by atoms with Gasteiger partial charge in [0.1, 0.15) is 17.5 Å². The van der Waals surface area contributed by atoms with Crippen molar-refractivity contribution in [1.82, 2.24) is 0 Å². The standard InChI is InChI=1S/C12H14F2N2OS/c1-6-10(2-3-17-6)18-11-8(13)4-7(12(15)16)5-9(11)14/h4-6,10H,2-3H2,1H3,(H3,15,16). The lowest BCUT2D eigenvalue weighted by Crippen LogP contribution is -2.15. The van der Waals surface area contributed by atoms with Crippen molar-refractivity contribution in [2.45, 2.75) is 29.6 Å². The molecule has 0 saturated carbocycles. The maximum absolute atomic E-state index is 13.8. The van der Waals surface area contributed by atoms with E-state index in [2.05, 4.69) is 0 Å². The zero-order valence-corrected chi connectivity index (χ0v) is 10.7. The first-order valence-electron chi connectivity index (χ1n) is 5.60. The highest BCUT2D eigenvalue weighted by molar-refractivity contribution is 8.00. The van der Waals surface area contributed by atoms with Crippen molar-refractivity contribution in [2.24, 2.45) is 5.73 Å². The molecule has 2 rings (SSSR count). The molecule has 98 valence electrons. The number of nitrogens with one attached hydrogen (secondary N) is 1. The van der Waals surface area contributed by atoms with Crippen molar-refractivity contribution in [2.75, 3.05) is 6.61 Å². The van der Waals surface area contributed by atoms with Crippen molar-refractivity contribution in [1.29, 1.82) is 5.41 Å². The second kappa shape index (κ2) is 5.24. The van der Waals surface area contributed by atoms with Crippen LogP contribution in [0.5, 0.6) is 0 Å². The van der Waals surface area contributed by atoms with Gasteiger partial charge in [-0.25, -0.2) is 8.78 Å². The topological polar surface area (TPSA) is 59.1 Å². The molecule has 6 heteroatoms. The maximum Gasteiger partial charge on any atom is 0.140 e. The molecule has 0 spiro atoms. The summed E-state index contributed by atoms with van der Waals surface area (Å²) < 4.78 is 33.0. The van der Waals surface area contributed by atoms with E-state index in [-0.39, 0.29) is 27.6 Å². The number of halogens is 2. The van der Waals surface area contributed by atoms with E-state index in [9.17, 15) is 8.78 Å². The first kappa shape index (κ1) is 13.3. The third-order valence-electron chi connectivity index (χ3n) is 2.89. The van der Waals surface area contributed by atoms with Crippen LogP contribution in [-0.2, 0) is 4.74 Å². The number of benzene rings is 1. The molecule has 0 bridgehead atoms. The Morgan fingerprint density at radius 2 is 2.06 bits per heavy atom. The summed E-state index contributed by atoms with van der Waals surface area (Å²) in [5.74, 6) is -1.70. The van der Waals surface area contributed by atoms with Crippen LogP contribution < -0.4 is 5.73 Å². The van der Waals surface area contributed by atoms with Crippen molar-refractivity contribution >= 4 is 17.6 Å². The summed E-state index contributed by atoms with van der Waals surface area (Å²) in [4.78, 5) is -0.0256. The number of nitrogen functional groups attached to an aromatic ring is 1. The van der Waals surface area contributed by atoms with Crippen LogP contribution in [-0.4, -0.2) is 23.8 Å². The van der Waals surface area contributed by atoms with Gasteiger partial charge in [0.15, 0.2) is 0 Å². The molecule has 1 aromatic carbocycles. The predicted molar refractivity (Wildman–Crippen MR) is 67.1 cm³/mol. The lowest BCUT2D eigenvalue weighted by molar-refractivity contribution is 0.127. The van der Waals surface area contributed by atoms with Gasteiger partial charge in [0.2, 0.25) is 0 Å². The van der Waals surface area contributed by atoms with Crippen molar-refractivity contribution in [3.63, 3.8) is 0 Å². The summed E-state index contributed by atoms with van der Waals surface area (Å²) in [6.07, 6.45) is 0.764. The van der Waals surface area contributed by atoms with Gasteiger partial charge in [-0.05, 0) is 25.5 Å². The van der Waals surface area contributed by atoms with E-state index in [0.717, 1.165) is 30.3 Å². The zero-order chi connectivity index (χ0) is 13.3. The van der Waals surface area contributed by atoms with E-state index in [1.165, 1.54) is 0 Å². The monoisotopic (exact) mass is 272 g/mol. The number of rotatable bonds is 3. The minimum absolute atomic E-state index is 0.0127. The molecule has 18 heavy (non-hydrogen) atoms. The van der Waals surface area contributed by atoms with Crippen LogP contribution in [0, 0.1) is 17.0 Å². The van der Waals surface area contributed by atoms with Crippen LogP contribution in [0.4, 0.5) is 8.78 Å². The average Bonchev–Trinajstić information content (AvgIpc) is 2.69. The lowest BCUT2D eigenvalue weighted by atomic mass is 10.2. The molecule has 1 aliphatic rings. The molecule has 0 radical (unpaired) electrons. The van der Waals surface area contributed by atoms with E-state index >= 15 is 0 Å². The largest absolute Gasteiger partial charge is 0.384 e. The Morgan fingerprint density at radius 1 is 1.44 bits per heavy atom. The molecule has 3 nitrogen and oxygen atoms in total. The summed E-state index contributed by atoms with van der Waals surface area (Å²) >= 11 is 1.15. The Morgan fingerprint density at radius 3 is 2.50 bits per heavy atom. The van der Waals surface area contributed by atoms with Gasteiger partial charge in [0.05, 0.1) is 11.0 Å². The number of hydrogen-bond donors (Lipinski definition) is 2. The first-order valence-corrected chi connectivity index (χ1v) is 6.48. The van der Waals surface area contributed by atoms with Crippen LogP contribution in [0.2, 0.25) is 0 Å². The fraction of sp³-hybridized carbons (Fsp3) is 0.417. The van der Waals surface area contributed by atoms with Gasteiger partial charge in [-0.1, -0.05) is 0 Å². The van der Waals surface area contributed by atoms with E-state index in [1.54, 1.807) is 0 Å². The Kier molecular flexibility index (Phi) is 3.87. The third-order valence-corrected chi connectivity index (χ3v) is 4.43. The molecule has 0 amide bonds. The molecule has 1 aliphatic heterocycles. The quantitative estimate of drug-likeness (QED) is 0.656. The molecule has 2 unspecified atom stereocenters. The molecule has 0 aliphatic carbocycles. The number of thioether (sulfide) groups is 1. The highest BCUT2D eigenvalue weighted by Crippen LogP contribution is 2.35. The van der Waals surface area contributed by atoms with Crippen LogP contribution in [0.15, 0.2) is 17.0 Å². The molecule has 0 aromatic heterocycles. The predicted octanol–water partition coefficient (Wildman–Crippen LogP) is 2.52. The molecule has 1 heterocycles. The summed E-state index contributed by atoms with van der Waals surface area (Å²) in [5, 5.41) is 7.23. The van der Waals surface area contributed by atoms with Crippen LogP contribution in [0.1, 0.15) is 18.9 Å². The maximum atomic E-state index is 13.8. The highest BCUT2D eigenvalue weighted by atomic mass is 32.2. The van der Waals surface area contributed by atoms with Gasteiger partial charge in [-0.15, -0.1) is 11.8 Å². The molecular weight excluding hydrogens is 258 g/mol. The van der Waals surface area contributed by atoms with Gasteiger partial charge in [0.25, 0.3) is 0 Å². The van der Waals surface area contributed by atoms with Crippen LogP contribution in [0.3, 0.4) is 0 Å². The van der Waals surface area contributed by atoms with E-state index in [4.69, 9.17) is 15.9 Å². The van der Waals surface area contributed by atoms with E-state index in [1.807, 2.05) is 6.92 Å². The summed E-state index contributed by atoms with van der Waals surface area (Å²) in [6, 6.07) is 2.18. The van der Waals surface area contributed by atoms with Crippen molar-refractivity contribution in [3.05, 3.63) is 29.3 Å². The molecule has 1 aromatic rings. The summed E-state index contributed by atoms with van der Waals surface area (Å²) in [7, 11) is 0. The Hall–Kier alpha value is -1.14. The smallest absolute Gasteiger partial charge is 0.140 e. The molecule has 1 fully saturated rings.